The Morgan fingerprint density at radius 3 is 2.32 bits per heavy atom. The molecular weight excluding hydrogens is 311 g/mol. The fraction of sp³-hybridized carbons (Fsp3) is 0.375. The molecule has 2 rings (SSSR count). The molecule has 2 aliphatic carbocycles. The summed E-state index contributed by atoms with van der Waals surface area (Å²) in [7, 11) is -2.96. The molecule has 0 aromatic carbocycles. The van der Waals surface area contributed by atoms with E-state index in [0.29, 0.717) is 23.3 Å². The third-order valence-corrected chi connectivity index (χ3v) is 4.56. The van der Waals surface area contributed by atoms with Crippen LogP contribution in [0.15, 0.2) is 29.2 Å². The van der Waals surface area contributed by atoms with Crippen LogP contribution in [-0.2, 0) is 16.5 Å². The molecule has 114 valence electrons. The third kappa shape index (κ3) is 3.66. The largest absolute Gasteiger partial charge is 1.00 e. The summed E-state index contributed by atoms with van der Waals surface area (Å²) in [5, 5.41) is 0. The van der Waals surface area contributed by atoms with Crippen LogP contribution in [0.1, 0.15) is 37.8 Å². The molecule has 0 saturated heterocycles. The zero-order valence-electron chi connectivity index (χ0n) is 13.6. The van der Waals surface area contributed by atoms with Crippen LogP contribution in [-0.4, -0.2) is 20.1 Å². The molecule has 6 heteroatoms. The van der Waals surface area contributed by atoms with Gasteiger partial charge in [0.05, 0.1) is 12.0 Å². The molecular formula is C16H19NaO4S. The first-order chi connectivity index (χ1) is 9.79. The maximum absolute atomic E-state index is 11.5. The third-order valence-electron chi connectivity index (χ3n) is 3.68. The molecule has 0 aliphatic heterocycles. The fourth-order valence-corrected chi connectivity index (χ4v) is 3.24. The van der Waals surface area contributed by atoms with Crippen molar-refractivity contribution in [2.24, 2.45) is 0 Å². The summed E-state index contributed by atoms with van der Waals surface area (Å²) in [6.45, 7) is 6.02. The molecule has 0 amide bonds. The Kier molecular flexibility index (Phi) is 6.47. The minimum Gasteiger partial charge on any atom is -0.744 e. The molecule has 0 spiro atoms. The quantitative estimate of drug-likeness (QED) is 0.601. The van der Waals surface area contributed by atoms with Crippen molar-refractivity contribution in [3.63, 3.8) is 0 Å². The van der Waals surface area contributed by atoms with Crippen molar-refractivity contribution in [3.8, 4) is 16.9 Å². The Morgan fingerprint density at radius 2 is 1.86 bits per heavy atom. The van der Waals surface area contributed by atoms with Gasteiger partial charge in [0.15, 0.2) is 0 Å². The Bertz CT molecular complexity index is 738. The van der Waals surface area contributed by atoms with Gasteiger partial charge in [-0.3, -0.25) is 0 Å². The van der Waals surface area contributed by atoms with Crippen LogP contribution in [0.2, 0.25) is 0 Å². The van der Waals surface area contributed by atoms with Crippen LogP contribution < -0.4 is 34.3 Å². The number of hydrogen-bond donors (Lipinski definition) is 0. The second kappa shape index (κ2) is 7.32. The summed E-state index contributed by atoms with van der Waals surface area (Å²) < 4.78 is 40.0. The second-order valence-electron chi connectivity index (χ2n) is 5.33. The standard InChI is InChI=1S/C16H20O4S.Na/c1-5-11-9-15(21(17,18)19)13-7-6-12(10(2)3)8-14(20-4)16(11)13;/h6-10H,5H2,1-4H3,(H,17,18,19);/q;+1/p-1. The smallest absolute Gasteiger partial charge is 0.744 e. The van der Waals surface area contributed by atoms with Crippen LogP contribution >= 0.6 is 0 Å². The van der Waals surface area contributed by atoms with E-state index in [1.807, 2.05) is 32.9 Å². The van der Waals surface area contributed by atoms with E-state index in [1.54, 1.807) is 13.2 Å². The molecule has 0 unspecified atom stereocenters. The van der Waals surface area contributed by atoms with Crippen molar-refractivity contribution in [1.29, 1.82) is 0 Å². The summed E-state index contributed by atoms with van der Waals surface area (Å²) in [6, 6.07) is 6.93. The van der Waals surface area contributed by atoms with Gasteiger partial charge in [0.25, 0.3) is 0 Å². The first-order valence-electron chi connectivity index (χ1n) is 6.89. The normalized spacial score (nSPS) is 11.5. The Morgan fingerprint density at radius 1 is 1.23 bits per heavy atom. The van der Waals surface area contributed by atoms with Gasteiger partial charge in [0, 0.05) is 11.1 Å². The Labute approximate surface area is 154 Å². The second-order valence-corrected chi connectivity index (χ2v) is 6.68. The number of aryl methyl sites for hydroxylation is 1. The van der Waals surface area contributed by atoms with Gasteiger partial charge in [-0.25, -0.2) is 8.42 Å². The molecule has 0 aromatic heterocycles. The van der Waals surface area contributed by atoms with Crippen molar-refractivity contribution in [3.05, 3.63) is 35.4 Å². The summed E-state index contributed by atoms with van der Waals surface area (Å²) in [6.07, 6.45) is 0.628. The van der Waals surface area contributed by atoms with Gasteiger partial charge in [-0.2, -0.15) is 0 Å². The van der Waals surface area contributed by atoms with Gasteiger partial charge < -0.3 is 9.29 Å². The molecule has 0 N–H and O–H groups in total. The summed E-state index contributed by atoms with van der Waals surface area (Å²) in [5.41, 5.74) is 2.98. The van der Waals surface area contributed by atoms with E-state index in [2.05, 4.69) is 0 Å². The van der Waals surface area contributed by atoms with Gasteiger partial charge in [0.2, 0.25) is 0 Å². The van der Waals surface area contributed by atoms with Crippen LogP contribution in [0, 0.1) is 0 Å². The van der Waals surface area contributed by atoms with Crippen molar-refractivity contribution >= 4 is 10.1 Å². The minimum absolute atomic E-state index is 0. The fourth-order valence-electron chi connectivity index (χ4n) is 2.52. The molecule has 0 bridgehead atoms. The van der Waals surface area contributed by atoms with Gasteiger partial charge >= 0.3 is 29.6 Å². The SMILES string of the molecule is CCc1cc(S(=O)(=O)[O-])c2ccc(C(C)C)cc(OC)c1-2.[Na+]. The van der Waals surface area contributed by atoms with Gasteiger partial charge in [-0.1, -0.05) is 32.9 Å². The average molecular weight is 330 g/mol. The maximum Gasteiger partial charge on any atom is 1.00 e. The first kappa shape index (κ1) is 19.5. The van der Waals surface area contributed by atoms with E-state index >= 15 is 0 Å². The zero-order valence-corrected chi connectivity index (χ0v) is 16.5. The topological polar surface area (TPSA) is 66.4 Å². The molecule has 22 heavy (non-hydrogen) atoms. The summed E-state index contributed by atoms with van der Waals surface area (Å²) in [4.78, 5) is -0.168. The molecule has 0 fully saturated rings. The number of methoxy groups -OCH3 is 1. The number of hydrogen-bond acceptors (Lipinski definition) is 4. The zero-order chi connectivity index (χ0) is 15.8. The monoisotopic (exact) mass is 330 g/mol. The minimum atomic E-state index is -4.51. The molecule has 0 heterocycles. The van der Waals surface area contributed by atoms with E-state index in [-0.39, 0.29) is 40.4 Å². The van der Waals surface area contributed by atoms with E-state index < -0.39 is 10.1 Å². The van der Waals surface area contributed by atoms with Crippen molar-refractivity contribution in [2.45, 2.75) is 38.0 Å². The molecule has 0 atom stereocenters. The predicted octanol–water partition coefficient (Wildman–Crippen LogP) is 0.394. The van der Waals surface area contributed by atoms with Crippen LogP contribution in [0.25, 0.3) is 11.1 Å². The van der Waals surface area contributed by atoms with E-state index in [0.717, 1.165) is 11.1 Å². The Balaban J connectivity index is 0.00000242. The maximum atomic E-state index is 11.5. The number of fused-ring (bicyclic) bond motifs is 1. The van der Waals surface area contributed by atoms with E-state index in [4.69, 9.17) is 4.74 Å². The van der Waals surface area contributed by atoms with Crippen LogP contribution in [0.4, 0.5) is 0 Å². The van der Waals surface area contributed by atoms with E-state index in [1.165, 1.54) is 6.07 Å². The summed E-state index contributed by atoms with van der Waals surface area (Å²) in [5.74, 6) is 0.873. The number of rotatable bonds is 4. The van der Waals surface area contributed by atoms with E-state index in [9.17, 15) is 13.0 Å². The first-order valence-corrected chi connectivity index (χ1v) is 8.29. The average Bonchev–Trinajstić information content (AvgIpc) is 2.67. The molecule has 4 nitrogen and oxygen atoms in total. The van der Waals surface area contributed by atoms with Crippen molar-refractivity contribution in [2.75, 3.05) is 7.11 Å². The van der Waals surface area contributed by atoms with Gasteiger partial charge in [-0.15, -0.1) is 0 Å². The van der Waals surface area contributed by atoms with Gasteiger partial charge in [0.1, 0.15) is 15.9 Å². The predicted molar refractivity (Wildman–Crippen MR) is 81.0 cm³/mol. The summed E-state index contributed by atoms with van der Waals surface area (Å²) >= 11 is 0. The van der Waals surface area contributed by atoms with Crippen molar-refractivity contribution < 1.29 is 47.3 Å². The molecule has 0 aromatic rings. The molecule has 0 radical (unpaired) electrons. The Hall–Kier alpha value is -0.590. The van der Waals surface area contributed by atoms with Gasteiger partial charge in [-0.05, 0) is 35.6 Å². The van der Waals surface area contributed by atoms with Crippen LogP contribution in [0.5, 0.6) is 5.75 Å². The van der Waals surface area contributed by atoms with Crippen LogP contribution in [0.3, 0.4) is 0 Å². The number of ether oxygens (including phenoxy) is 1. The van der Waals surface area contributed by atoms with Crippen molar-refractivity contribution in [1.82, 2.24) is 0 Å². The molecule has 0 saturated carbocycles. The molecule has 2 aliphatic rings.